The van der Waals surface area contributed by atoms with Crippen LogP contribution in [0.25, 0.3) is 0 Å². The van der Waals surface area contributed by atoms with Crippen LogP contribution in [0, 0.1) is 16.7 Å². The van der Waals surface area contributed by atoms with E-state index in [4.69, 9.17) is 16.4 Å². The van der Waals surface area contributed by atoms with E-state index in [0.717, 1.165) is 5.56 Å². The highest BCUT2D eigenvalue weighted by molar-refractivity contribution is 8.93. The van der Waals surface area contributed by atoms with E-state index >= 15 is 0 Å². The number of carbonyl (C=O) groups is 1. The molecule has 2 aromatic rings. The fourth-order valence-corrected chi connectivity index (χ4v) is 1.82. The fourth-order valence-electron chi connectivity index (χ4n) is 1.82. The van der Waals surface area contributed by atoms with Gasteiger partial charge in [-0.05, 0) is 29.8 Å². The third-order valence-electron chi connectivity index (χ3n) is 2.75. The summed E-state index contributed by atoms with van der Waals surface area (Å²) in [5.41, 5.74) is 6.91. The van der Waals surface area contributed by atoms with E-state index in [1.807, 2.05) is 6.07 Å². The van der Waals surface area contributed by atoms with Gasteiger partial charge in [0, 0.05) is 12.7 Å². The van der Waals surface area contributed by atoms with Crippen molar-refractivity contribution in [1.29, 1.82) is 10.7 Å². The molecule has 1 aromatic heterocycles. The minimum absolute atomic E-state index is 0. The van der Waals surface area contributed by atoms with Gasteiger partial charge in [-0.3, -0.25) is 10.2 Å². The van der Waals surface area contributed by atoms with Gasteiger partial charge in [0.1, 0.15) is 5.49 Å². The highest BCUT2D eigenvalue weighted by Crippen LogP contribution is 2.05. The van der Waals surface area contributed by atoms with Crippen molar-refractivity contribution in [3.63, 3.8) is 0 Å². The molecule has 5 nitrogen and oxygen atoms in total. The first kappa shape index (κ1) is 15.7. The summed E-state index contributed by atoms with van der Waals surface area (Å²) >= 11 is 0. The molecule has 0 aliphatic carbocycles. The Balaban J connectivity index is 0.00000200. The van der Waals surface area contributed by atoms with E-state index < -0.39 is 5.91 Å². The molecule has 0 spiro atoms. The van der Waals surface area contributed by atoms with Crippen LogP contribution in [0.1, 0.15) is 21.5 Å². The zero-order valence-electron chi connectivity index (χ0n) is 10.5. The van der Waals surface area contributed by atoms with Gasteiger partial charge in [-0.1, -0.05) is 12.1 Å². The van der Waals surface area contributed by atoms with Gasteiger partial charge in [-0.2, -0.15) is 5.26 Å². The molecular formula is C14H13BrN4O. The lowest BCUT2D eigenvalue weighted by molar-refractivity contribution is 0.0998. The number of nitrogens with zero attached hydrogens (tertiary/aromatic N) is 2. The molecule has 1 amide bonds. The number of nitrogens with two attached hydrogens (primary N) is 1. The standard InChI is InChI=1S/C14H12N4O.BrH/c15-8-10-3-1-4-11(7-10)9-18-6-2-5-12(13(18)16)14(17)19;/h1-7,16H,9H2,(H2,17,19);1H. The third kappa shape index (κ3) is 3.33. The van der Waals surface area contributed by atoms with Crippen LogP contribution in [-0.2, 0) is 6.54 Å². The van der Waals surface area contributed by atoms with E-state index in [9.17, 15) is 4.79 Å². The number of rotatable bonds is 3. The molecule has 1 aromatic carbocycles. The molecule has 0 saturated heterocycles. The Hall–Kier alpha value is -2.39. The minimum atomic E-state index is -0.620. The molecule has 6 heteroatoms. The highest BCUT2D eigenvalue weighted by atomic mass is 79.9. The predicted molar refractivity (Wildman–Crippen MR) is 79.4 cm³/mol. The van der Waals surface area contributed by atoms with Gasteiger partial charge in [0.15, 0.2) is 0 Å². The second-order valence-electron chi connectivity index (χ2n) is 4.07. The molecule has 20 heavy (non-hydrogen) atoms. The molecule has 0 aliphatic heterocycles. The number of aromatic nitrogens is 1. The molecule has 0 atom stereocenters. The number of nitriles is 1. The molecule has 0 unspecified atom stereocenters. The number of carbonyl (C=O) groups excluding carboxylic acids is 1. The summed E-state index contributed by atoms with van der Waals surface area (Å²) in [5, 5.41) is 16.8. The Morgan fingerprint density at radius 3 is 2.75 bits per heavy atom. The van der Waals surface area contributed by atoms with E-state index in [2.05, 4.69) is 6.07 Å². The maximum absolute atomic E-state index is 11.2. The maximum Gasteiger partial charge on any atom is 0.252 e. The van der Waals surface area contributed by atoms with Gasteiger partial charge in [-0.15, -0.1) is 17.0 Å². The van der Waals surface area contributed by atoms with Crippen LogP contribution < -0.4 is 11.2 Å². The summed E-state index contributed by atoms with van der Waals surface area (Å²) in [4.78, 5) is 11.2. The van der Waals surface area contributed by atoms with E-state index in [1.54, 1.807) is 35.0 Å². The van der Waals surface area contributed by atoms with Gasteiger partial charge in [0.2, 0.25) is 0 Å². The molecule has 3 N–H and O–H groups in total. The van der Waals surface area contributed by atoms with E-state index in [-0.39, 0.29) is 28.0 Å². The van der Waals surface area contributed by atoms with Crippen LogP contribution in [0.3, 0.4) is 0 Å². The van der Waals surface area contributed by atoms with Gasteiger partial charge < -0.3 is 10.3 Å². The number of amides is 1. The van der Waals surface area contributed by atoms with Crippen LogP contribution in [-0.4, -0.2) is 10.5 Å². The monoisotopic (exact) mass is 332 g/mol. The maximum atomic E-state index is 11.2. The molecule has 0 fully saturated rings. The SMILES string of the molecule is Br.N#Cc1cccc(Cn2cccc(C(N)=O)c2=N)c1. The number of hydrogen-bond donors (Lipinski definition) is 2. The Kier molecular flexibility index (Phi) is 5.23. The predicted octanol–water partition coefficient (Wildman–Crippen LogP) is 1.56. The Morgan fingerprint density at radius 2 is 2.10 bits per heavy atom. The smallest absolute Gasteiger partial charge is 0.252 e. The van der Waals surface area contributed by atoms with Gasteiger partial charge in [0.25, 0.3) is 5.91 Å². The van der Waals surface area contributed by atoms with Crippen molar-refractivity contribution in [2.24, 2.45) is 5.73 Å². The molecule has 1 heterocycles. The summed E-state index contributed by atoms with van der Waals surface area (Å²) in [6.07, 6.45) is 1.70. The summed E-state index contributed by atoms with van der Waals surface area (Å²) in [7, 11) is 0. The average Bonchev–Trinajstić information content (AvgIpc) is 2.41. The molecule has 0 radical (unpaired) electrons. The van der Waals surface area contributed by atoms with Crippen molar-refractivity contribution >= 4 is 22.9 Å². The van der Waals surface area contributed by atoms with E-state index in [0.29, 0.717) is 12.1 Å². The second-order valence-corrected chi connectivity index (χ2v) is 4.07. The lowest BCUT2D eigenvalue weighted by Crippen LogP contribution is -2.29. The second kappa shape index (κ2) is 6.68. The lowest BCUT2D eigenvalue weighted by atomic mass is 10.1. The zero-order chi connectivity index (χ0) is 13.8. The quantitative estimate of drug-likeness (QED) is 0.892. The minimum Gasteiger partial charge on any atom is -0.365 e. The van der Waals surface area contributed by atoms with Crippen LogP contribution in [0.5, 0.6) is 0 Å². The normalized spacial score (nSPS) is 9.35. The summed E-state index contributed by atoms with van der Waals surface area (Å²) < 4.78 is 1.61. The summed E-state index contributed by atoms with van der Waals surface area (Å²) in [6, 6.07) is 12.4. The molecule has 102 valence electrons. The number of primary amides is 1. The van der Waals surface area contributed by atoms with Crippen molar-refractivity contribution in [2.45, 2.75) is 6.54 Å². The Bertz CT molecular complexity index is 730. The average molecular weight is 333 g/mol. The molecular weight excluding hydrogens is 320 g/mol. The lowest BCUT2D eigenvalue weighted by Gasteiger charge is -2.08. The summed E-state index contributed by atoms with van der Waals surface area (Å²) in [6.45, 7) is 0.412. The topological polar surface area (TPSA) is 95.7 Å². The number of pyridine rings is 1. The molecule has 0 saturated carbocycles. The molecule has 0 bridgehead atoms. The Labute approximate surface area is 126 Å². The van der Waals surface area contributed by atoms with Crippen molar-refractivity contribution in [3.05, 3.63) is 64.8 Å². The third-order valence-corrected chi connectivity index (χ3v) is 2.75. The van der Waals surface area contributed by atoms with Crippen molar-refractivity contribution in [1.82, 2.24) is 4.57 Å². The number of nitrogens with one attached hydrogen (secondary N) is 1. The van der Waals surface area contributed by atoms with Crippen LogP contribution in [0.15, 0.2) is 42.6 Å². The van der Waals surface area contributed by atoms with Gasteiger partial charge in [-0.25, -0.2) is 0 Å². The first-order valence-corrected chi connectivity index (χ1v) is 5.64. The van der Waals surface area contributed by atoms with Crippen molar-refractivity contribution in [2.75, 3.05) is 0 Å². The van der Waals surface area contributed by atoms with Crippen molar-refractivity contribution < 1.29 is 4.79 Å². The highest BCUT2D eigenvalue weighted by Gasteiger charge is 2.05. The zero-order valence-corrected chi connectivity index (χ0v) is 12.2. The van der Waals surface area contributed by atoms with Crippen LogP contribution in [0.4, 0.5) is 0 Å². The molecule has 2 rings (SSSR count). The van der Waals surface area contributed by atoms with Gasteiger partial charge >= 0.3 is 0 Å². The van der Waals surface area contributed by atoms with Crippen LogP contribution >= 0.6 is 17.0 Å². The van der Waals surface area contributed by atoms with Crippen LogP contribution in [0.2, 0.25) is 0 Å². The Morgan fingerprint density at radius 1 is 1.35 bits per heavy atom. The first-order valence-electron chi connectivity index (χ1n) is 5.64. The first-order chi connectivity index (χ1) is 9.11. The molecule has 0 aliphatic rings. The van der Waals surface area contributed by atoms with Crippen molar-refractivity contribution in [3.8, 4) is 6.07 Å². The number of halogens is 1. The number of benzene rings is 1. The summed E-state index contributed by atoms with van der Waals surface area (Å²) in [5.74, 6) is -0.620. The van der Waals surface area contributed by atoms with E-state index in [1.165, 1.54) is 6.07 Å². The largest absolute Gasteiger partial charge is 0.365 e. The van der Waals surface area contributed by atoms with Gasteiger partial charge in [0.05, 0.1) is 17.2 Å². The fraction of sp³-hybridized carbons (Fsp3) is 0.0714. The number of hydrogen-bond acceptors (Lipinski definition) is 3.